The largest absolute Gasteiger partial charge is 0.416 e. The number of halogens is 3. The summed E-state index contributed by atoms with van der Waals surface area (Å²) in [4.78, 5) is 0.771. The number of hydrogen-bond donors (Lipinski definition) is 1. The molecule has 188 valence electrons. The van der Waals surface area contributed by atoms with E-state index in [1.54, 1.807) is 0 Å². The Labute approximate surface area is 209 Å². The summed E-state index contributed by atoms with van der Waals surface area (Å²) in [5.41, 5.74) is 4.02. The Kier molecular flexibility index (Phi) is 8.60. The first-order valence-electron chi connectivity index (χ1n) is 12.0. The number of benzene rings is 3. The molecule has 0 radical (unpaired) electrons. The highest BCUT2D eigenvalue weighted by Gasteiger charge is 2.31. The fourth-order valence-corrected chi connectivity index (χ4v) is 5.73. The van der Waals surface area contributed by atoms with Crippen LogP contribution in [0.3, 0.4) is 0 Å². The molecule has 0 fully saturated rings. The molecule has 1 N–H and O–H groups in total. The molecule has 1 unspecified atom stereocenters. The van der Waals surface area contributed by atoms with Crippen LogP contribution in [-0.4, -0.2) is 4.21 Å². The van der Waals surface area contributed by atoms with Gasteiger partial charge in [0.1, 0.15) is 11.0 Å². The van der Waals surface area contributed by atoms with Gasteiger partial charge in [-0.3, -0.25) is 0 Å². The molecule has 0 aromatic heterocycles. The van der Waals surface area contributed by atoms with Crippen molar-refractivity contribution in [2.75, 3.05) is 0 Å². The highest BCUT2D eigenvalue weighted by Crippen LogP contribution is 2.36. The van der Waals surface area contributed by atoms with Crippen molar-refractivity contribution in [2.45, 2.75) is 76.4 Å². The molecular weight excluding hydrogens is 467 g/mol. The monoisotopic (exact) mass is 501 g/mol. The Bertz CT molecular complexity index is 1120. The average Bonchev–Trinajstić information content (AvgIpc) is 2.81. The Morgan fingerprint density at radius 2 is 1.17 bits per heavy atom. The third kappa shape index (κ3) is 6.42. The predicted molar refractivity (Wildman–Crippen MR) is 138 cm³/mol. The summed E-state index contributed by atoms with van der Waals surface area (Å²) in [5.74, 6) is 0.658. The van der Waals surface area contributed by atoms with Crippen LogP contribution >= 0.6 is 0 Å². The van der Waals surface area contributed by atoms with Crippen molar-refractivity contribution in [2.24, 2.45) is 0 Å². The molecule has 3 aromatic rings. The molecule has 2 atom stereocenters. The minimum absolute atomic E-state index is 0.160. The van der Waals surface area contributed by atoms with Gasteiger partial charge in [-0.15, -0.1) is 0 Å². The first kappa shape index (κ1) is 27.2. The maximum atomic E-state index is 14.0. The van der Waals surface area contributed by atoms with Gasteiger partial charge in [0.2, 0.25) is 0 Å². The molecular formula is C29H34F3NOS. The van der Waals surface area contributed by atoms with E-state index < -0.39 is 28.8 Å². The van der Waals surface area contributed by atoms with Gasteiger partial charge < -0.3 is 0 Å². The zero-order valence-corrected chi connectivity index (χ0v) is 21.9. The molecule has 35 heavy (non-hydrogen) atoms. The summed E-state index contributed by atoms with van der Waals surface area (Å²) in [6.45, 7) is 12.7. The Morgan fingerprint density at radius 1 is 0.686 bits per heavy atom. The highest BCUT2D eigenvalue weighted by molar-refractivity contribution is 7.83. The zero-order chi connectivity index (χ0) is 25.9. The minimum atomic E-state index is -4.41. The molecule has 0 aliphatic heterocycles. The quantitative estimate of drug-likeness (QED) is 0.329. The van der Waals surface area contributed by atoms with E-state index in [-0.39, 0.29) is 11.8 Å². The summed E-state index contributed by atoms with van der Waals surface area (Å²) in [6.07, 6.45) is -4.41. The van der Waals surface area contributed by atoms with Crippen LogP contribution in [0.1, 0.15) is 98.7 Å². The van der Waals surface area contributed by atoms with Crippen molar-refractivity contribution in [3.63, 3.8) is 0 Å². The fraction of sp³-hybridized carbons (Fsp3) is 0.379. The van der Waals surface area contributed by atoms with E-state index in [1.165, 1.54) is 17.7 Å². The SMILES string of the molecule is CC(C)c1cc(C(C)C)c(S(=O)N[C@@H](c2ccccc2)c2ccc(C(F)(F)F)cc2)c(C(C)C)c1. The van der Waals surface area contributed by atoms with Crippen LogP contribution in [-0.2, 0) is 17.2 Å². The molecule has 3 rings (SSSR count). The molecule has 0 saturated carbocycles. The van der Waals surface area contributed by atoms with Crippen molar-refractivity contribution in [1.82, 2.24) is 4.72 Å². The van der Waals surface area contributed by atoms with Crippen molar-refractivity contribution < 1.29 is 17.4 Å². The molecule has 0 heterocycles. The number of alkyl halides is 3. The van der Waals surface area contributed by atoms with Gasteiger partial charge in [-0.05, 0) is 57.7 Å². The predicted octanol–water partition coefficient (Wildman–Crippen LogP) is 8.48. The molecule has 0 aliphatic rings. The summed E-state index contributed by atoms with van der Waals surface area (Å²) in [7, 11) is -1.59. The van der Waals surface area contributed by atoms with Gasteiger partial charge in [0.05, 0.1) is 16.5 Å². The third-order valence-corrected chi connectivity index (χ3v) is 7.49. The van der Waals surface area contributed by atoms with E-state index in [0.29, 0.717) is 11.5 Å². The topological polar surface area (TPSA) is 29.1 Å². The van der Waals surface area contributed by atoms with Gasteiger partial charge in [0.15, 0.2) is 0 Å². The molecule has 0 aliphatic carbocycles. The zero-order valence-electron chi connectivity index (χ0n) is 21.1. The van der Waals surface area contributed by atoms with Crippen molar-refractivity contribution in [1.29, 1.82) is 0 Å². The third-order valence-electron chi connectivity index (χ3n) is 6.19. The lowest BCUT2D eigenvalue weighted by atomic mass is 9.89. The first-order chi connectivity index (χ1) is 16.4. The molecule has 3 aromatic carbocycles. The Morgan fingerprint density at radius 3 is 1.60 bits per heavy atom. The van der Waals surface area contributed by atoms with E-state index in [0.717, 1.165) is 33.7 Å². The molecule has 0 amide bonds. The van der Waals surface area contributed by atoms with Crippen molar-refractivity contribution in [3.8, 4) is 0 Å². The van der Waals surface area contributed by atoms with Crippen LogP contribution in [0.5, 0.6) is 0 Å². The number of nitrogens with one attached hydrogen (secondary N) is 1. The molecule has 0 spiro atoms. The Balaban J connectivity index is 2.10. The number of hydrogen-bond acceptors (Lipinski definition) is 1. The van der Waals surface area contributed by atoms with Crippen LogP contribution in [0.4, 0.5) is 13.2 Å². The van der Waals surface area contributed by atoms with E-state index in [1.807, 2.05) is 30.3 Å². The van der Waals surface area contributed by atoms with Crippen LogP contribution < -0.4 is 4.72 Å². The molecule has 6 heteroatoms. The van der Waals surface area contributed by atoms with E-state index >= 15 is 0 Å². The van der Waals surface area contributed by atoms with Crippen LogP contribution in [0, 0.1) is 0 Å². The maximum absolute atomic E-state index is 14.0. The normalized spacial score (nSPS) is 14.1. The second-order valence-corrected chi connectivity index (χ2v) is 11.0. The lowest BCUT2D eigenvalue weighted by Crippen LogP contribution is -2.27. The van der Waals surface area contributed by atoms with Crippen LogP contribution in [0.2, 0.25) is 0 Å². The van der Waals surface area contributed by atoms with Crippen molar-refractivity contribution in [3.05, 3.63) is 100 Å². The fourth-order valence-electron chi connectivity index (χ4n) is 4.11. The maximum Gasteiger partial charge on any atom is 0.416 e. The Hall–Kier alpha value is -2.44. The first-order valence-corrected chi connectivity index (χ1v) is 13.1. The smallest absolute Gasteiger partial charge is 0.237 e. The average molecular weight is 502 g/mol. The van der Waals surface area contributed by atoms with Crippen LogP contribution in [0.25, 0.3) is 0 Å². The standard InChI is InChI=1S/C29H34F3NOS/c1-18(2)23-16-25(19(3)4)28(26(17-23)20(5)6)35(34)33-27(21-10-8-7-9-11-21)22-12-14-24(15-13-22)29(30,31)32/h7-20,27,33H,1-6H3/t27-,35?/m0/s1. The van der Waals surface area contributed by atoms with E-state index in [9.17, 15) is 17.4 Å². The minimum Gasteiger partial charge on any atom is -0.237 e. The second kappa shape index (κ2) is 11.1. The lowest BCUT2D eigenvalue weighted by molar-refractivity contribution is -0.137. The summed E-state index contributed by atoms with van der Waals surface area (Å²) >= 11 is 0. The van der Waals surface area contributed by atoms with Crippen molar-refractivity contribution >= 4 is 11.0 Å². The molecule has 0 bridgehead atoms. The van der Waals surface area contributed by atoms with Gasteiger partial charge in [-0.25, -0.2) is 8.93 Å². The molecule has 0 saturated heterocycles. The summed E-state index contributed by atoms with van der Waals surface area (Å²) in [6, 6.07) is 18.2. The lowest BCUT2D eigenvalue weighted by Gasteiger charge is -2.25. The van der Waals surface area contributed by atoms with E-state index in [2.05, 4.69) is 58.4 Å². The van der Waals surface area contributed by atoms with Gasteiger partial charge in [0, 0.05) is 0 Å². The van der Waals surface area contributed by atoms with Gasteiger partial charge >= 0.3 is 6.18 Å². The van der Waals surface area contributed by atoms with Crippen LogP contribution in [0.15, 0.2) is 71.6 Å². The number of rotatable bonds is 8. The summed E-state index contributed by atoms with van der Waals surface area (Å²) < 4.78 is 56.7. The molecule has 2 nitrogen and oxygen atoms in total. The van der Waals surface area contributed by atoms with Gasteiger partial charge in [-0.2, -0.15) is 13.2 Å². The highest BCUT2D eigenvalue weighted by atomic mass is 32.2. The second-order valence-electron chi connectivity index (χ2n) is 9.84. The van der Waals surface area contributed by atoms with Gasteiger partial charge in [-0.1, -0.05) is 96.1 Å². The summed E-state index contributed by atoms with van der Waals surface area (Å²) in [5, 5.41) is 0. The van der Waals surface area contributed by atoms with E-state index in [4.69, 9.17) is 0 Å². The van der Waals surface area contributed by atoms with Gasteiger partial charge in [0.25, 0.3) is 0 Å².